The molecule has 1 N–H and O–H groups in total. The molecule has 2 heterocycles. The van der Waals surface area contributed by atoms with Crippen LogP contribution in [0.2, 0.25) is 0 Å². The van der Waals surface area contributed by atoms with Crippen molar-refractivity contribution in [2.45, 2.75) is 83.6 Å². The SMILES string of the molecule is Cc1ccc(C(C)NC(=O)C2(c3ccc(CC4CCCCCC4C)nc3)CCOCC2)cc1. The van der Waals surface area contributed by atoms with Gasteiger partial charge in [-0.3, -0.25) is 9.78 Å². The minimum atomic E-state index is -0.571. The van der Waals surface area contributed by atoms with Crippen molar-refractivity contribution in [3.05, 3.63) is 65.0 Å². The predicted molar refractivity (Wildman–Crippen MR) is 133 cm³/mol. The second-order valence-corrected chi connectivity index (χ2v) is 10.4. The highest BCUT2D eigenvalue weighted by Gasteiger charge is 2.42. The van der Waals surface area contributed by atoms with Gasteiger partial charge in [0.25, 0.3) is 0 Å². The highest BCUT2D eigenvalue weighted by molar-refractivity contribution is 5.88. The summed E-state index contributed by atoms with van der Waals surface area (Å²) in [5.41, 5.74) is 3.97. The van der Waals surface area contributed by atoms with E-state index in [1.54, 1.807) is 0 Å². The third kappa shape index (κ3) is 5.66. The second kappa shape index (κ2) is 10.8. The normalized spacial score (nSPS) is 24.0. The number of rotatable bonds is 6. The van der Waals surface area contributed by atoms with Crippen molar-refractivity contribution in [2.24, 2.45) is 11.8 Å². The van der Waals surface area contributed by atoms with Crippen molar-refractivity contribution in [1.82, 2.24) is 10.3 Å². The Labute approximate surface area is 199 Å². The number of nitrogens with zero attached hydrogens (tertiary/aromatic N) is 1. The molecule has 4 rings (SSSR count). The largest absolute Gasteiger partial charge is 0.381 e. The number of pyridine rings is 1. The zero-order chi connectivity index (χ0) is 23.3. The number of nitrogens with one attached hydrogen (secondary N) is 1. The summed E-state index contributed by atoms with van der Waals surface area (Å²) in [5.74, 6) is 1.58. The Morgan fingerprint density at radius 1 is 1.09 bits per heavy atom. The van der Waals surface area contributed by atoms with Crippen LogP contribution in [0.4, 0.5) is 0 Å². The molecule has 4 nitrogen and oxygen atoms in total. The van der Waals surface area contributed by atoms with E-state index >= 15 is 0 Å². The summed E-state index contributed by atoms with van der Waals surface area (Å²) >= 11 is 0. The summed E-state index contributed by atoms with van der Waals surface area (Å²) in [6.07, 6.45) is 11.1. The van der Waals surface area contributed by atoms with Gasteiger partial charge in [0.15, 0.2) is 0 Å². The summed E-state index contributed by atoms with van der Waals surface area (Å²) in [5, 5.41) is 3.30. The van der Waals surface area contributed by atoms with Crippen molar-refractivity contribution in [1.29, 1.82) is 0 Å². The van der Waals surface area contributed by atoms with Gasteiger partial charge in [-0.1, -0.05) is 68.5 Å². The van der Waals surface area contributed by atoms with Gasteiger partial charge in [0, 0.05) is 25.1 Å². The van der Waals surface area contributed by atoms with Crippen molar-refractivity contribution >= 4 is 5.91 Å². The molecule has 0 bridgehead atoms. The fourth-order valence-electron chi connectivity index (χ4n) is 5.61. The van der Waals surface area contributed by atoms with Gasteiger partial charge in [0.1, 0.15) is 0 Å². The predicted octanol–water partition coefficient (Wildman–Crippen LogP) is 6.07. The number of aromatic nitrogens is 1. The van der Waals surface area contributed by atoms with Gasteiger partial charge in [-0.05, 0) is 68.6 Å². The van der Waals surface area contributed by atoms with Gasteiger partial charge < -0.3 is 10.1 Å². The minimum Gasteiger partial charge on any atom is -0.381 e. The second-order valence-electron chi connectivity index (χ2n) is 10.4. The number of carbonyl (C=O) groups excluding carboxylic acids is 1. The Bertz CT molecular complexity index is 900. The lowest BCUT2D eigenvalue weighted by molar-refractivity contribution is -0.131. The molecule has 0 radical (unpaired) electrons. The fraction of sp³-hybridized carbons (Fsp3) is 0.586. The number of hydrogen-bond donors (Lipinski definition) is 1. The third-order valence-corrected chi connectivity index (χ3v) is 8.09. The van der Waals surface area contributed by atoms with Crippen LogP contribution in [0, 0.1) is 18.8 Å². The van der Waals surface area contributed by atoms with Crippen molar-refractivity contribution < 1.29 is 9.53 Å². The van der Waals surface area contributed by atoms with E-state index < -0.39 is 5.41 Å². The first-order valence-corrected chi connectivity index (χ1v) is 12.9. The van der Waals surface area contributed by atoms with Crippen LogP contribution in [0.5, 0.6) is 0 Å². The van der Waals surface area contributed by atoms with Crippen molar-refractivity contribution in [2.75, 3.05) is 13.2 Å². The van der Waals surface area contributed by atoms with Crippen LogP contribution in [0.15, 0.2) is 42.6 Å². The standard InChI is InChI=1S/C29H40N2O2/c1-21-9-11-24(12-10-21)23(3)31-28(32)29(15-17-33-18-16-29)26-13-14-27(30-20-26)19-25-8-6-4-5-7-22(25)2/h9-14,20,22-23,25H,4-8,15-19H2,1-3H3,(H,31,32). The van der Waals surface area contributed by atoms with Gasteiger partial charge in [0.05, 0.1) is 11.5 Å². The zero-order valence-electron chi connectivity index (χ0n) is 20.6. The lowest BCUT2D eigenvalue weighted by Crippen LogP contribution is -2.48. The van der Waals surface area contributed by atoms with Gasteiger partial charge in [-0.15, -0.1) is 0 Å². The van der Waals surface area contributed by atoms with E-state index in [9.17, 15) is 4.79 Å². The summed E-state index contributed by atoms with van der Waals surface area (Å²) < 4.78 is 5.65. The van der Waals surface area contributed by atoms with Crippen LogP contribution >= 0.6 is 0 Å². The lowest BCUT2D eigenvalue weighted by Gasteiger charge is -2.37. The van der Waals surface area contributed by atoms with Crippen LogP contribution in [0.1, 0.15) is 87.2 Å². The molecule has 1 aliphatic heterocycles. The number of benzene rings is 1. The maximum Gasteiger partial charge on any atom is 0.231 e. The Hall–Kier alpha value is -2.20. The topological polar surface area (TPSA) is 51.2 Å². The molecular weight excluding hydrogens is 408 g/mol. The minimum absolute atomic E-state index is 0.0400. The van der Waals surface area contributed by atoms with Gasteiger partial charge in [-0.2, -0.15) is 0 Å². The first-order valence-electron chi connectivity index (χ1n) is 12.9. The molecule has 2 fully saturated rings. The van der Waals surface area contributed by atoms with Gasteiger partial charge in [0.2, 0.25) is 5.91 Å². The molecule has 178 valence electrons. The molecule has 33 heavy (non-hydrogen) atoms. The fourth-order valence-corrected chi connectivity index (χ4v) is 5.61. The average molecular weight is 449 g/mol. The highest BCUT2D eigenvalue weighted by Crippen LogP contribution is 2.36. The van der Waals surface area contributed by atoms with Crippen LogP contribution < -0.4 is 5.32 Å². The van der Waals surface area contributed by atoms with E-state index in [0.29, 0.717) is 26.1 Å². The Morgan fingerprint density at radius 3 is 2.52 bits per heavy atom. The summed E-state index contributed by atoms with van der Waals surface area (Å²) in [4.78, 5) is 18.5. The first kappa shape index (κ1) is 23.9. The highest BCUT2D eigenvalue weighted by atomic mass is 16.5. The van der Waals surface area contributed by atoms with Crippen LogP contribution in [-0.4, -0.2) is 24.1 Å². The molecule has 2 aliphatic rings. The van der Waals surface area contributed by atoms with Crippen molar-refractivity contribution in [3.8, 4) is 0 Å². The van der Waals surface area contributed by atoms with E-state index in [1.807, 2.05) is 6.20 Å². The lowest BCUT2D eigenvalue weighted by atomic mass is 9.73. The zero-order valence-corrected chi connectivity index (χ0v) is 20.6. The summed E-state index contributed by atoms with van der Waals surface area (Å²) in [6.45, 7) is 7.75. The summed E-state index contributed by atoms with van der Waals surface area (Å²) in [6, 6.07) is 12.7. The van der Waals surface area contributed by atoms with Crippen LogP contribution in [0.3, 0.4) is 0 Å². The molecule has 1 aliphatic carbocycles. The van der Waals surface area contributed by atoms with Gasteiger partial charge in [-0.25, -0.2) is 0 Å². The Morgan fingerprint density at radius 2 is 1.82 bits per heavy atom. The summed E-state index contributed by atoms with van der Waals surface area (Å²) in [7, 11) is 0. The number of ether oxygens (including phenoxy) is 1. The maximum atomic E-state index is 13.7. The number of hydrogen-bond acceptors (Lipinski definition) is 3. The van der Waals surface area contributed by atoms with Crippen LogP contribution in [0.25, 0.3) is 0 Å². The Balaban J connectivity index is 1.50. The van der Waals surface area contributed by atoms with Gasteiger partial charge >= 0.3 is 0 Å². The van der Waals surface area contributed by atoms with E-state index in [1.165, 1.54) is 37.7 Å². The molecule has 1 saturated heterocycles. The number of amides is 1. The molecule has 1 aromatic heterocycles. The molecule has 4 heteroatoms. The maximum absolute atomic E-state index is 13.7. The number of aryl methyl sites for hydroxylation is 1. The molecular formula is C29H40N2O2. The third-order valence-electron chi connectivity index (χ3n) is 8.09. The number of carbonyl (C=O) groups is 1. The van der Waals surface area contributed by atoms with E-state index in [0.717, 1.165) is 35.1 Å². The van der Waals surface area contributed by atoms with Crippen LogP contribution in [-0.2, 0) is 21.4 Å². The van der Waals surface area contributed by atoms with Crippen molar-refractivity contribution in [3.63, 3.8) is 0 Å². The molecule has 0 spiro atoms. The molecule has 2 aromatic rings. The first-order chi connectivity index (χ1) is 16.0. The molecule has 3 unspecified atom stereocenters. The average Bonchev–Trinajstić information content (AvgIpc) is 3.04. The van der Waals surface area contributed by atoms with E-state index in [2.05, 4.69) is 62.5 Å². The molecule has 3 atom stereocenters. The van der Waals surface area contributed by atoms with E-state index in [4.69, 9.17) is 9.72 Å². The molecule has 1 aromatic carbocycles. The van der Waals surface area contributed by atoms with E-state index in [-0.39, 0.29) is 11.9 Å². The Kier molecular flexibility index (Phi) is 7.85. The smallest absolute Gasteiger partial charge is 0.231 e. The molecule has 1 saturated carbocycles. The monoisotopic (exact) mass is 448 g/mol. The quantitative estimate of drug-likeness (QED) is 0.545. The molecule has 1 amide bonds.